The molecule has 26 heavy (non-hydrogen) atoms. The van der Waals surface area contributed by atoms with Gasteiger partial charge in [-0.15, -0.1) is 0 Å². The molecule has 4 rings (SSSR count). The lowest BCUT2D eigenvalue weighted by Crippen LogP contribution is -2.28. The van der Waals surface area contributed by atoms with E-state index < -0.39 is 0 Å². The maximum atomic E-state index is 13.9. The number of carbonyl (C=O) groups is 1. The van der Waals surface area contributed by atoms with Crippen molar-refractivity contribution < 1.29 is 13.6 Å². The summed E-state index contributed by atoms with van der Waals surface area (Å²) < 4.78 is 21.2. The molecular weight excluding hydrogens is 333 g/mol. The van der Waals surface area contributed by atoms with Crippen LogP contribution in [0.25, 0.3) is 5.88 Å². The highest BCUT2D eigenvalue weighted by Gasteiger charge is 2.30. The number of nitriles is 1. The summed E-state index contributed by atoms with van der Waals surface area (Å²) in [4.78, 5) is 12.9. The van der Waals surface area contributed by atoms with Gasteiger partial charge < -0.3 is 9.73 Å². The molecule has 0 saturated carbocycles. The number of furan rings is 1. The van der Waals surface area contributed by atoms with E-state index in [9.17, 15) is 14.4 Å². The molecule has 1 amide bonds. The number of amides is 1. The van der Waals surface area contributed by atoms with Crippen molar-refractivity contribution in [2.75, 3.05) is 0 Å². The first-order valence-corrected chi connectivity index (χ1v) is 8.35. The second-order valence-electron chi connectivity index (χ2n) is 6.29. The van der Waals surface area contributed by atoms with Gasteiger partial charge in [0.2, 0.25) is 5.88 Å². The van der Waals surface area contributed by atoms with Crippen LogP contribution in [0.15, 0.2) is 47.1 Å². The minimum absolute atomic E-state index is 0.189. The summed E-state index contributed by atoms with van der Waals surface area (Å²) in [5.74, 6) is 0.0629. The Bertz CT molecular complexity index is 1030. The highest BCUT2D eigenvalue weighted by Crippen LogP contribution is 2.33. The molecule has 0 spiro atoms. The van der Waals surface area contributed by atoms with Crippen molar-refractivity contribution in [2.45, 2.75) is 25.8 Å². The molecule has 6 heteroatoms. The number of halogens is 1. The zero-order valence-electron chi connectivity index (χ0n) is 14.1. The number of carbonyl (C=O) groups excluding carboxylic acids is 1. The van der Waals surface area contributed by atoms with E-state index in [1.165, 1.54) is 6.07 Å². The van der Waals surface area contributed by atoms with Crippen molar-refractivity contribution in [3.8, 4) is 12.0 Å². The summed E-state index contributed by atoms with van der Waals surface area (Å²) in [6.45, 7) is 1.66. The molecule has 0 fully saturated rings. The molecule has 0 bridgehead atoms. The zero-order valence-corrected chi connectivity index (χ0v) is 14.1. The van der Waals surface area contributed by atoms with Crippen molar-refractivity contribution in [1.29, 1.82) is 5.26 Å². The van der Waals surface area contributed by atoms with Crippen LogP contribution in [0.2, 0.25) is 0 Å². The highest BCUT2D eigenvalue weighted by atomic mass is 19.1. The van der Waals surface area contributed by atoms with Gasteiger partial charge in [0.05, 0.1) is 6.04 Å². The fourth-order valence-corrected chi connectivity index (χ4v) is 3.55. The molecule has 2 heterocycles. The standard InChI is InChI=1S/C20H16FN3O2/c1-12-18(15(11-22)20(26-12)24-9-2-3-10-24)19(25)23-17-8-7-13-14(17)5-4-6-16(13)21/h2-6,9-10,17H,7-8H2,1H3,(H,23,25). The molecule has 0 aliphatic heterocycles. The summed E-state index contributed by atoms with van der Waals surface area (Å²) >= 11 is 0. The summed E-state index contributed by atoms with van der Waals surface area (Å²) in [5.41, 5.74) is 1.86. The van der Waals surface area contributed by atoms with Crippen LogP contribution in [-0.4, -0.2) is 10.5 Å². The number of fused-ring (bicyclic) bond motifs is 1. The van der Waals surface area contributed by atoms with Gasteiger partial charge in [-0.25, -0.2) is 4.39 Å². The number of hydrogen-bond donors (Lipinski definition) is 1. The van der Waals surface area contributed by atoms with Crippen molar-refractivity contribution in [3.05, 3.63) is 76.6 Å². The topological polar surface area (TPSA) is 71.0 Å². The molecule has 130 valence electrons. The van der Waals surface area contributed by atoms with Crippen molar-refractivity contribution >= 4 is 5.91 Å². The molecule has 1 N–H and O–H groups in total. The maximum Gasteiger partial charge on any atom is 0.256 e. The molecule has 1 aliphatic rings. The van der Waals surface area contributed by atoms with Gasteiger partial charge in [-0.3, -0.25) is 9.36 Å². The molecule has 5 nitrogen and oxygen atoms in total. The average Bonchev–Trinajstić information content (AvgIpc) is 3.34. The minimum atomic E-state index is -0.386. The number of rotatable bonds is 3. The van der Waals surface area contributed by atoms with Crippen LogP contribution in [0.4, 0.5) is 4.39 Å². The fraction of sp³-hybridized carbons (Fsp3) is 0.200. The number of hydrogen-bond acceptors (Lipinski definition) is 3. The van der Waals surface area contributed by atoms with Crippen LogP contribution in [-0.2, 0) is 6.42 Å². The Kier molecular flexibility index (Phi) is 3.85. The van der Waals surface area contributed by atoms with E-state index in [1.54, 1.807) is 30.0 Å². The molecule has 0 saturated heterocycles. The predicted molar refractivity (Wildman–Crippen MR) is 92.4 cm³/mol. The van der Waals surface area contributed by atoms with Gasteiger partial charge in [-0.1, -0.05) is 12.1 Å². The van der Waals surface area contributed by atoms with E-state index in [4.69, 9.17) is 4.42 Å². The Morgan fingerprint density at radius 1 is 1.35 bits per heavy atom. The van der Waals surface area contributed by atoms with Gasteiger partial charge in [-0.2, -0.15) is 5.26 Å². The Morgan fingerprint density at radius 2 is 2.12 bits per heavy atom. The number of aryl methyl sites for hydroxylation is 1. The van der Waals surface area contributed by atoms with E-state index in [-0.39, 0.29) is 28.9 Å². The van der Waals surface area contributed by atoms with Crippen molar-refractivity contribution in [3.63, 3.8) is 0 Å². The van der Waals surface area contributed by atoms with Gasteiger partial charge in [0, 0.05) is 12.4 Å². The quantitative estimate of drug-likeness (QED) is 0.782. The third-order valence-electron chi connectivity index (χ3n) is 4.76. The third kappa shape index (κ3) is 2.49. The lowest BCUT2D eigenvalue weighted by atomic mass is 10.1. The van der Waals surface area contributed by atoms with E-state index in [0.717, 1.165) is 5.56 Å². The predicted octanol–water partition coefficient (Wildman–Crippen LogP) is 3.81. The van der Waals surface area contributed by atoms with Crippen molar-refractivity contribution in [1.82, 2.24) is 9.88 Å². The minimum Gasteiger partial charge on any atom is -0.443 e. The van der Waals surface area contributed by atoms with Crippen LogP contribution >= 0.6 is 0 Å². The number of benzene rings is 1. The molecule has 1 aliphatic carbocycles. The highest BCUT2D eigenvalue weighted by molar-refractivity contribution is 5.98. The van der Waals surface area contributed by atoms with Gasteiger partial charge in [-0.05, 0) is 49.1 Å². The van der Waals surface area contributed by atoms with Crippen LogP contribution < -0.4 is 5.32 Å². The van der Waals surface area contributed by atoms with Crippen molar-refractivity contribution in [2.24, 2.45) is 0 Å². The van der Waals surface area contributed by atoms with Gasteiger partial charge in [0.25, 0.3) is 5.91 Å². The first kappa shape index (κ1) is 16.2. The fourth-order valence-electron chi connectivity index (χ4n) is 3.55. The normalized spacial score (nSPS) is 15.5. The van der Waals surface area contributed by atoms with Crippen LogP contribution in [0.3, 0.4) is 0 Å². The van der Waals surface area contributed by atoms with E-state index in [1.807, 2.05) is 18.2 Å². The maximum absolute atomic E-state index is 13.9. The Morgan fingerprint density at radius 3 is 2.85 bits per heavy atom. The first-order chi connectivity index (χ1) is 12.6. The van der Waals surface area contributed by atoms with E-state index in [2.05, 4.69) is 11.4 Å². The lowest BCUT2D eigenvalue weighted by Gasteiger charge is -2.14. The van der Waals surface area contributed by atoms with Gasteiger partial charge in [0.15, 0.2) is 0 Å². The molecule has 0 radical (unpaired) electrons. The SMILES string of the molecule is Cc1oc(-n2cccc2)c(C#N)c1C(=O)NC1CCc2c(F)cccc21. The Hall–Kier alpha value is -3.33. The molecule has 1 aromatic carbocycles. The smallest absolute Gasteiger partial charge is 0.256 e. The summed E-state index contributed by atoms with van der Waals surface area (Å²) in [5, 5.41) is 12.5. The molecule has 1 unspecified atom stereocenters. The largest absolute Gasteiger partial charge is 0.443 e. The van der Waals surface area contributed by atoms with E-state index in [0.29, 0.717) is 30.0 Å². The lowest BCUT2D eigenvalue weighted by molar-refractivity contribution is 0.0935. The number of aromatic nitrogens is 1. The monoisotopic (exact) mass is 349 g/mol. The average molecular weight is 349 g/mol. The number of nitrogens with one attached hydrogen (secondary N) is 1. The Balaban J connectivity index is 1.67. The first-order valence-electron chi connectivity index (χ1n) is 8.35. The van der Waals surface area contributed by atoms with Gasteiger partial charge >= 0.3 is 0 Å². The van der Waals surface area contributed by atoms with Crippen LogP contribution in [0.5, 0.6) is 0 Å². The summed E-state index contributed by atoms with van der Waals surface area (Å²) in [6.07, 6.45) is 4.70. The van der Waals surface area contributed by atoms with Gasteiger partial charge in [0.1, 0.15) is 28.8 Å². The van der Waals surface area contributed by atoms with Crippen LogP contribution in [0.1, 0.15) is 45.3 Å². The third-order valence-corrected chi connectivity index (χ3v) is 4.76. The molecule has 1 atom stereocenters. The van der Waals surface area contributed by atoms with E-state index >= 15 is 0 Å². The number of nitrogens with zero attached hydrogens (tertiary/aromatic N) is 2. The van der Waals surface area contributed by atoms with Crippen LogP contribution in [0, 0.1) is 24.1 Å². The molecular formula is C20H16FN3O2. The summed E-state index contributed by atoms with van der Waals surface area (Å²) in [6, 6.07) is 10.3. The second kappa shape index (κ2) is 6.19. The molecule has 2 aromatic heterocycles. The zero-order chi connectivity index (χ0) is 18.3. The Labute approximate surface area is 149 Å². The second-order valence-corrected chi connectivity index (χ2v) is 6.29. The molecule has 3 aromatic rings. The summed E-state index contributed by atoms with van der Waals surface area (Å²) in [7, 11) is 0.